The van der Waals surface area contributed by atoms with E-state index < -0.39 is 0 Å². The molecule has 0 aliphatic carbocycles. The number of aryl methyl sites for hydroxylation is 2. The molecule has 0 spiro atoms. The summed E-state index contributed by atoms with van der Waals surface area (Å²) in [5.41, 5.74) is 3.37. The number of nitrogens with one attached hydrogen (secondary N) is 1. The van der Waals surface area contributed by atoms with Crippen molar-refractivity contribution in [1.82, 2.24) is 15.0 Å². The van der Waals surface area contributed by atoms with E-state index in [4.69, 9.17) is 4.74 Å². The van der Waals surface area contributed by atoms with E-state index in [2.05, 4.69) is 51.5 Å². The maximum atomic E-state index is 5.79. The summed E-state index contributed by atoms with van der Waals surface area (Å²) in [6, 6.07) is 12.7. The lowest BCUT2D eigenvalue weighted by molar-refractivity contribution is 0.185. The minimum Gasteiger partial charge on any atom is -0.379 e. The fraction of sp³-hybridized carbons (Fsp3) is 0.381. The lowest BCUT2D eigenvalue weighted by Gasteiger charge is -2.20. The van der Waals surface area contributed by atoms with Crippen LogP contribution < -0.4 is 5.32 Å². The lowest BCUT2D eigenvalue weighted by Crippen LogP contribution is -2.30. The van der Waals surface area contributed by atoms with Gasteiger partial charge in [-0.25, -0.2) is 9.97 Å². The van der Waals surface area contributed by atoms with Crippen molar-refractivity contribution in [2.45, 2.75) is 32.7 Å². The van der Waals surface area contributed by atoms with Gasteiger partial charge < -0.3 is 10.1 Å². The van der Waals surface area contributed by atoms with Gasteiger partial charge >= 0.3 is 0 Å². The molecule has 2 atom stereocenters. The highest BCUT2D eigenvalue weighted by Crippen LogP contribution is 2.26. The average Bonchev–Trinajstić information content (AvgIpc) is 3.08. The molecule has 0 unspecified atom stereocenters. The molecule has 26 heavy (non-hydrogen) atoms. The van der Waals surface area contributed by atoms with E-state index in [1.165, 1.54) is 10.9 Å². The molecule has 0 amide bonds. The summed E-state index contributed by atoms with van der Waals surface area (Å²) < 4.78 is 5.79. The van der Waals surface area contributed by atoms with Crippen LogP contribution in [0.5, 0.6) is 0 Å². The molecule has 5 nitrogen and oxygen atoms in total. The molecule has 0 saturated carbocycles. The number of para-hydroxylation sites is 1. The Morgan fingerprint density at radius 1 is 1.15 bits per heavy atom. The van der Waals surface area contributed by atoms with E-state index in [-0.39, 0.29) is 6.04 Å². The van der Waals surface area contributed by atoms with Crippen molar-refractivity contribution < 1.29 is 4.74 Å². The molecule has 0 radical (unpaired) electrons. The number of benzene rings is 1. The number of ether oxygens (including phenoxy) is 1. The quantitative estimate of drug-likeness (QED) is 0.764. The summed E-state index contributed by atoms with van der Waals surface area (Å²) in [6.45, 7) is 5.56. The summed E-state index contributed by atoms with van der Waals surface area (Å²) in [5.74, 6) is 2.18. The first-order valence-electron chi connectivity index (χ1n) is 9.24. The van der Waals surface area contributed by atoms with Crippen LogP contribution in [-0.2, 0) is 17.6 Å². The van der Waals surface area contributed by atoms with Gasteiger partial charge in [0.05, 0.1) is 24.8 Å². The van der Waals surface area contributed by atoms with Gasteiger partial charge in [-0.1, -0.05) is 25.1 Å². The lowest BCUT2D eigenvalue weighted by atomic mass is 9.93. The molecular formula is C21H24N4O. The van der Waals surface area contributed by atoms with Crippen molar-refractivity contribution >= 4 is 16.7 Å². The monoisotopic (exact) mass is 348 g/mol. The Bertz CT molecular complexity index is 906. The van der Waals surface area contributed by atoms with E-state index in [1.54, 1.807) is 0 Å². The van der Waals surface area contributed by atoms with Crippen LogP contribution in [0, 0.1) is 12.8 Å². The van der Waals surface area contributed by atoms with Crippen LogP contribution in [0.4, 0.5) is 5.82 Å². The minimum atomic E-state index is 0.251. The molecule has 3 heterocycles. The third-order valence-corrected chi connectivity index (χ3v) is 4.97. The predicted molar refractivity (Wildman–Crippen MR) is 103 cm³/mol. The Hall–Kier alpha value is -2.53. The van der Waals surface area contributed by atoms with Gasteiger partial charge in [-0.3, -0.25) is 4.98 Å². The molecule has 1 fully saturated rings. The second kappa shape index (κ2) is 7.38. The molecule has 4 rings (SSSR count). The number of aromatic nitrogens is 3. The summed E-state index contributed by atoms with van der Waals surface area (Å²) in [5, 5.41) is 4.81. The first-order valence-corrected chi connectivity index (χ1v) is 9.24. The molecule has 1 aliphatic rings. The molecule has 1 N–H and O–H groups in total. The standard InChI is InChI=1S/C21H24N4O/c1-3-20-23-14(2)10-21(25-20)24-19-13-26-12-16(19)11-15-8-9-22-18-7-5-4-6-17(15)18/h4-10,16,19H,3,11-13H2,1-2H3,(H,23,24,25)/t16-,19+/m1/s1. The van der Waals surface area contributed by atoms with Gasteiger partial charge in [0.15, 0.2) is 0 Å². The Labute approximate surface area is 153 Å². The highest BCUT2D eigenvalue weighted by molar-refractivity contribution is 5.81. The smallest absolute Gasteiger partial charge is 0.130 e. The fourth-order valence-electron chi connectivity index (χ4n) is 3.63. The molecule has 1 aromatic carbocycles. The second-order valence-electron chi connectivity index (χ2n) is 6.90. The largest absolute Gasteiger partial charge is 0.379 e. The van der Waals surface area contributed by atoms with Gasteiger partial charge in [0.1, 0.15) is 11.6 Å². The van der Waals surface area contributed by atoms with Crippen LogP contribution in [-0.4, -0.2) is 34.2 Å². The molecule has 3 aromatic rings. The summed E-state index contributed by atoms with van der Waals surface area (Å²) in [4.78, 5) is 13.5. The average molecular weight is 348 g/mol. The van der Waals surface area contributed by atoms with E-state index in [0.29, 0.717) is 12.5 Å². The van der Waals surface area contributed by atoms with Crippen LogP contribution in [0.3, 0.4) is 0 Å². The van der Waals surface area contributed by atoms with Crippen molar-refractivity contribution in [3.63, 3.8) is 0 Å². The number of anilines is 1. The first kappa shape index (κ1) is 16.9. The zero-order chi connectivity index (χ0) is 17.9. The third kappa shape index (κ3) is 3.53. The number of fused-ring (bicyclic) bond motifs is 1. The van der Waals surface area contributed by atoms with Crippen molar-refractivity contribution in [1.29, 1.82) is 0 Å². The van der Waals surface area contributed by atoms with Gasteiger partial charge in [-0.2, -0.15) is 0 Å². The van der Waals surface area contributed by atoms with E-state index in [0.717, 1.165) is 42.3 Å². The SMILES string of the molecule is CCc1nc(C)cc(N[C@H]2COC[C@H]2Cc2ccnc3ccccc23)n1. The zero-order valence-corrected chi connectivity index (χ0v) is 15.3. The fourth-order valence-corrected chi connectivity index (χ4v) is 3.63. The maximum Gasteiger partial charge on any atom is 0.130 e. The summed E-state index contributed by atoms with van der Waals surface area (Å²) >= 11 is 0. The molecule has 134 valence electrons. The zero-order valence-electron chi connectivity index (χ0n) is 15.3. The van der Waals surface area contributed by atoms with Crippen LogP contribution in [0.1, 0.15) is 24.0 Å². The van der Waals surface area contributed by atoms with Crippen LogP contribution >= 0.6 is 0 Å². The van der Waals surface area contributed by atoms with Gasteiger partial charge in [-0.05, 0) is 31.0 Å². The van der Waals surface area contributed by atoms with Gasteiger partial charge in [0, 0.05) is 35.7 Å². The number of rotatable bonds is 5. The van der Waals surface area contributed by atoms with Crippen molar-refractivity contribution in [3.05, 3.63) is 59.7 Å². The van der Waals surface area contributed by atoms with Gasteiger partial charge in [0.2, 0.25) is 0 Å². The molecular weight excluding hydrogens is 324 g/mol. The van der Waals surface area contributed by atoms with Crippen LogP contribution in [0.25, 0.3) is 10.9 Å². The maximum absolute atomic E-state index is 5.79. The Morgan fingerprint density at radius 3 is 2.92 bits per heavy atom. The Morgan fingerprint density at radius 2 is 2.04 bits per heavy atom. The van der Waals surface area contributed by atoms with Crippen molar-refractivity contribution in [3.8, 4) is 0 Å². The topological polar surface area (TPSA) is 59.9 Å². The molecule has 2 aromatic heterocycles. The Balaban J connectivity index is 1.54. The van der Waals surface area contributed by atoms with E-state index >= 15 is 0 Å². The Kier molecular flexibility index (Phi) is 4.80. The normalized spacial score (nSPS) is 19.8. The highest BCUT2D eigenvalue weighted by atomic mass is 16.5. The molecule has 1 saturated heterocycles. The first-order chi connectivity index (χ1) is 12.7. The predicted octanol–water partition coefficient (Wildman–Crippen LogP) is 3.57. The van der Waals surface area contributed by atoms with Crippen LogP contribution in [0.2, 0.25) is 0 Å². The van der Waals surface area contributed by atoms with Crippen molar-refractivity contribution in [2.24, 2.45) is 5.92 Å². The number of hydrogen-bond donors (Lipinski definition) is 1. The minimum absolute atomic E-state index is 0.251. The van der Waals surface area contributed by atoms with E-state index in [9.17, 15) is 0 Å². The summed E-state index contributed by atoms with van der Waals surface area (Å²) in [6.07, 6.45) is 3.70. The summed E-state index contributed by atoms with van der Waals surface area (Å²) in [7, 11) is 0. The molecule has 1 aliphatic heterocycles. The van der Waals surface area contributed by atoms with Crippen molar-refractivity contribution in [2.75, 3.05) is 18.5 Å². The van der Waals surface area contributed by atoms with Gasteiger partial charge in [-0.15, -0.1) is 0 Å². The highest BCUT2D eigenvalue weighted by Gasteiger charge is 2.29. The molecule has 0 bridgehead atoms. The second-order valence-corrected chi connectivity index (χ2v) is 6.90. The number of pyridine rings is 1. The van der Waals surface area contributed by atoms with Crippen LogP contribution in [0.15, 0.2) is 42.6 Å². The van der Waals surface area contributed by atoms with Gasteiger partial charge in [0.25, 0.3) is 0 Å². The number of hydrogen-bond acceptors (Lipinski definition) is 5. The number of nitrogens with zero attached hydrogens (tertiary/aromatic N) is 3. The van der Waals surface area contributed by atoms with E-state index in [1.807, 2.05) is 25.3 Å². The molecule has 5 heteroatoms. The third-order valence-electron chi connectivity index (χ3n) is 4.97.